The highest BCUT2D eigenvalue weighted by atomic mass is 32.2. The van der Waals surface area contributed by atoms with E-state index in [1.165, 1.54) is 50.3 Å². The third-order valence-corrected chi connectivity index (χ3v) is 11.1. The minimum Gasteiger partial charge on any atom is -0.282 e. The average molecular weight is 556 g/mol. The normalized spacial score (nSPS) is 30.4. The lowest BCUT2D eigenvalue weighted by Crippen LogP contribution is -2.49. The van der Waals surface area contributed by atoms with Gasteiger partial charge in [-0.25, -0.2) is 9.50 Å². The molecule has 0 radical (unpaired) electrons. The molecule has 8 nitrogen and oxygen atoms in total. The van der Waals surface area contributed by atoms with Crippen LogP contribution in [0, 0.1) is 28.6 Å². The Hall–Kier alpha value is -3.11. The summed E-state index contributed by atoms with van der Waals surface area (Å²) in [4.78, 5) is 23.5. The molecule has 4 aliphatic carbocycles. The molecule has 4 bridgehead atoms. The number of carbonyl (C=O) groups is 1. The molecule has 2 aliphatic heterocycles. The molecular formula is C29H29N7OS2. The van der Waals surface area contributed by atoms with Gasteiger partial charge in [-0.15, -0.1) is 0 Å². The summed E-state index contributed by atoms with van der Waals surface area (Å²) in [6.07, 6.45) is 11.3. The Bertz CT molecular complexity index is 1590. The zero-order valence-electron chi connectivity index (χ0n) is 21.8. The Balaban J connectivity index is 1.19. The fourth-order valence-corrected chi connectivity index (χ4v) is 9.88. The number of amidine groups is 2. The molecule has 39 heavy (non-hydrogen) atoms. The SMILES string of the molecule is CCCc1nn2c(/C=C3/C(=N)N4N=C(C56CC7CC(CC(C7)C5)C6)SC4=NC3=O)c(-c3ccccc3)nc2s1. The van der Waals surface area contributed by atoms with Crippen molar-refractivity contribution in [1.82, 2.24) is 19.6 Å². The van der Waals surface area contributed by atoms with Crippen LogP contribution < -0.4 is 0 Å². The van der Waals surface area contributed by atoms with Gasteiger partial charge < -0.3 is 0 Å². The highest BCUT2D eigenvalue weighted by molar-refractivity contribution is 8.27. The van der Waals surface area contributed by atoms with Gasteiger partial charge in [0.2, 0.25) is 10.1 Å². The molecule has 1 amide bonds. The molecule has 10 heteroatoms. The number of benzene rings is 1. The second-order valence-electron chi connectivity index (χ2n) is 11.8. The molecule has 0 saturated heterocycles. The van der Waals surface area contributed by atoms with Crippen molar-refractivity contribution in [3.63, 3.8) is 0 Å². The van der Waals surface area contributed by atoms with E-state index in [0.717, 1.165) is 56.9 Å². The summed E-state index contributed by atoms with van der Waals surface area (Å²) in [6, 6.07) is 9.93. The summed E-state index contributed by atoms with van der Waals surface area (Å²) in [5.41, 5.74) is 2.70. The number of carbonyl (C=O) groups excluding carboxylic acids is 1. The number of aryl methyl sites for hydroxylation is 1. The van der Waals surface area contributed by atoms with Crippen LogP contribution in [0.5, 0.6) is 0 Å². The third-order valence-electron chi connectivity index (χ3n) is 9.02. The highest BCUT2D eigenvalue weighted by Crippen LogP contribution is 2.62. The molecule has 1 N–H and O–H groups in total. The molecule has 1 aromatic carbocycles. The van der Waals surface area contributed by atoms with Crippen molar-refractivity contribution >= 4 is 56.1 Å². The first kappa shape index (κ1) is 23.7. The van der Waals surface area contributed by atoms with Crippen molar-refractivity contribution in [3.8, 4) is 11.3 Å². The Morgan fingerprint density at radius 3 is 2.51 bits per heavy atom. The molecule has 0 spiro atoms. The van der Waals surface area contributed by atoms with E-state index in [0.29, 0.717) is 10.9 Å². The minimum atomic E-state index is -0.404. The van der Waals surface area contributed by atoms with Crippen molar-refractivity contribution in [2.24, 2.45) is 33.3 Å². The molecule has 0 unspecified atom stereocenters. The van der Waals surface area contributed by atoms with Crippen molar-refractivity contribution in [3.05, 3.63) is 46.6 Å². The number of aliphatic imine (C=N–C) groups is 1. The van der Waals surface area contributed by atoms with Crippen LogP contribution in [-0.4, -0.2) is 41.6 Å². The second-order valence-corrected chi connectivity index (χ2v) is 13.8. The summed E-state index contributed by atoms with van der Waals surface area (Å²) in [5, 5.41) is 23.1. The average Bonchev–Trinajstić information content (AvgIpc) is 3.60. The first-order valence-electron chi connectivity index (χ1n) is 13.9. The number of fused-ring (bicyclic) bond motifs is 2. The number of hydrogen-bond acceptors (Lipinski definition) is 7. The summed E-state index contributed by atoms with van der Waals surface area (Å²) in [7, 11) is 0. The molecular weight excluding hydrogens is 527 g/mol. The van der Waals surface area contributed by atoms with Crippen molar-refractivity contribution in [1.29, 1.82) is 5.41 Å². The van der Waals surface area contributed by atoms with Crippen molar-refractivity contribution in [2.45, 2.75) is 58.3 Å². The molecule has 0 atom stereocenters. The molecule has 4 saturated carbocycles. The van der Waals surface area contributed by atoms with Gasteiger partial charge in [-0.05, 0) is 80.5 Å². The number of aromatic nitrogens is 3. The maximum absolute atomic E-state index is 13.4. The number of nitrogens with one attached hydrogen (secondary N) is 1. The maximum Gasteiger partial charge on any atom is 0.283 e. The highest BCUT2D eigenvalue weighted by Gasteiger charge is 2.55. The Morgan fingerprint density at radius 1 is 1.10 bits per heavy atom. The maximum atomic E-state index is 13.4. The smallest absolute Gasteiger partial charge is 0.282 e. The lowest BCUT2D eigenvalue weighted by Gasteiger charge is -2.56. The molecule has 4 heterocycles. The number of rotatable bonds is 5. The van der Waals surface area contributed by atoms with E-state index in [9.17, 15) is 4.79 Å². The van der Waals surface area contributed by atoms with Gasteiger partial charge in [0.05, 0.1) is 17.0 Å². The van der Waals surface area contributed by atoms with E-state index < -0.39 is 5.91 Å². The van der Waals surface area contributed by atoms with Gasteiger partial charge in [-0.3, -0.25) is 10.2 Å². The fourth-order valence-electron chi connectivity index (χ4n) is 7.77. The van der Waals surface area contributed by atoms with Crippen LogP contribution in [0.4, 0.5) is 0 Å². The largest absolute Gasteiger partial charge is 0.283 e. The van der Waals surface area contributed by atoms with Gasteiger partial charge in [0.15, 0.2) is 5.84 Å². The zero-order chi connectivity index (χ0) is 26.3. The first-order valence-corrected chi connectivity index (χ1v) is 15.6. The Labute approximate surface area is 234 Å². The van der Waals surface area contributed by atoms with Gasteiger partial charge in [0, 0.05) is 17.4 Å². The number of amides is 1. The lowest BCUT2D eigenvalue weighted by molar-refractivity contribution is -0.114. The standard InChI is InChI=1S/C29H29N7OS2/c1-2-6-22-33-35-21(23(31-27(35)38-22)19-7-4-3-5-8-19)12-20-24(30)36-28(32-25(20)37)39-26(34-36)29-13-16-9-17(14-29)11-18(10-16)15-29/h3-5,7-8,12,16-18,30H,2,6,9-11,13-15H2,1H3/b20-12-,30-24?. The summed E-state index contributed by atoms with van der Waals surface area (Å²) in [5.74, 6) is 2.07. The van der Waals surface area contributed by atoms with Crippen LogP contribution in [-0.2, 0) is 11.2 Å². The van der Waals surface area contributed by atoms with Crippen LogP contribution in [0.3, 0.4) is 0 Å². The summed E-state index contributed by atoms with van der Waals surface area (Å²) < 4.78 is 1.81. The van der Waals surface area contributed by atoms with E-state index in [-0.39, 0.29) is 16.8 Å². The molecule has 198 valence electrons. The van der Waals surface area contributed by atoms with E-state index in [2.05, 4.69) is 11.9 Å². The van der Waals surface area contributed by atoms with Gasteiger partial charge >= 0.3 is 0 Å². The molecule has 4 fully saturated rings. The number of hydrogen-bond donors (Lipinski definition) is 1. The van der Waals surface area contributed by atoms with E-state index >= 15 is 0 Å². The van der Waals surface area contributed by atoms with Gasteiger partial charge in [0.25, 0.3) is 5.91 Å². The minimum absolute atomic E-state index is 0.0789. The third kappa shape index (κ3) is 3.71. The topological polar surface area (TPSA) is 99.1 Å². The lowest BCUT2D eigenvalue weighted by atomic mass is 9.50. The van der Waals surface area contributed by atoms with Crippen molar-refractivity contribution in [2.75, 3.05) is 0 Å². The van der Waals surface area contributed by atoms with Crippen molar-refractivity contribution < 1.29 is 4.79 Å². The van der Waals surface area contributed by atoms with E-state index in [1.807, 2.05) is 34.8 Å². The van der Waals surface area contributed by atoms with Gasteiger partial charge in [-0.2, -0.15) is 20.2 Å². The second kappa shape index (κ2) is 8.69. The number of hydrazone groups is 1. The summed E-state index contributed by atoms with van der Waals surface area (Å²) >= 11 is 3.09. The molecule has 2 aromatic heterocycles. The quantitative estimate of drug-likeness (QED) is 0.376. The van der Waals surface area contributed by atoms with Gasteiger partial charge in [-0.1, -0.05) is 48.6 Å². The molecule has 3 aromatic rings. The van der Waals surface area contributed by atoms with E-state index in [4.69, 9.17) is 20.6 Å². The van der Waals surface area contributed by atoms with Crippen LogP contribution in [0.2, 0.25) is 0 Å². The monoisotopic (exact) mass is 555 g/mol. The van der Waals surface area contributed by atoms with Crippen LogP contribution >= 0.6 is 23.1 Å². The number of imidazole rings is 1. The first-order chi connectivity index (χ1) is 19.0. The summed E-state index contributed by atoms with van der Waals surface area (Å²) in [6.45, 7) is 2.13. The predicted octanol–water partition coefficient (Wildman–Crippen LogP) is 6.25. The Kier molecular flexibility index (Phi) is 5.29. The number of nitrogens with zero attached hydrogens (tertiary/aromatic N) is 6. The number of thioether (sulfide) groups is 1. The van der Waals surface area contributed by atoms with Crippen LogP contribution in [0.25, 0.3) is 22.3 Å². The van der Waals surface area contributed by atoms with Crippen LogP contribution in [0.1, 0.15) is 62.6 Å². The molecule has 6 aliphatic rings. The molecule has 9 rings (SSSR count). The van der Waals surface area contributed by atoms with Gasteiger partial charge in [0.1, 0.15) is 10.1 Å². The zero-order valence-corrected chi connectivity index (χ0v) is 23.4. The fraction of sp³-hybridized carbons (Fsp3) is 0.448. The van der Waals surface area contributed by atoms with Crippen LogP contribution in [0.15, 0.2) is 46.0 Å². The van der Waals surface area contributed by atoms with E-state index in [1.54, 1.807) is 22.4 Å². The predicted molar refractivity (Wildman–Crippen MR) is 156 cm³/mol. The Morgan fingerprint density at radius 2 is 1.82 bits per heavy atom.